The van der Waals surface area contributed by atoms with Crippen LogP contribution in [0.25, 0.3) is 0 Å². The Bertz CT molecular complexity index is 768. The molecule has 0 spiro atoms. The van der Waals surface area contributed by atoms with Crippen LogP contribution in [0.2, 0.25) is 5.02 Å². The summed E-state index contributed by atoms with van der Waals surface area (Å²) in [5, 5.41) is 19.8. The van der Waals surface area contributed by atoms with Gasteiger partial charge in [0.15, 0.2) is 5.54 Å². The molecule has 6 nitrogen and oxygen atoms in total. The normalized spacial score (nSPS) is 16.4. The molecule has 0 aliphatic heterocycles. The van der Waals surface area contributed by atoms with Crippen LogP contribution in [0.1, 0.15) is 53.8 Å². The highest BCUT2D eigenvalue weighted by Crippen LogP contribution is 2.39. The number of rotatable bonds is 6. The molecule has 0 saturated heterocycles. The van der Waals surface area contributed by atoms with E-state index in [0.717, 1.165) is 18.5 Å². The SMILES string of the molecule is CCC(NC(=O)c1cc(C2CC2)[nH]n1)(C(=O)O)c1ccc(Cl)cc1. The van der Waals surface area contributed by atoms with E-state index in [0.29, 0.717) is 16.5 Å². The third kappa shape index (κ3) is 3.01. The smallest absolute Gasteiger partial charge is 0.334 e. The Labute approximate surface area is 144 Å². The predicted molar refractivity (Wildman–Crippen MR) is 89.1 cm³/mol. The molecule has 1 aromatic carbocycles. The number of carboxylic acids is 1. The lowest BCUT2D eigenvalue weighted by Gasteiger charge is -2.29. The van der Waals surface area contributed by atoms with Crippen molar-refractivity contribution in [2.45, 2.75) is 37.6 Å². The summed E-state index contributed by atoms with van der Waals surface area (Å²) in [6.45, 7) is 1.71. The number of aliphatic carboxylic acids is 1. The standard InChI is InChI=1S/C17H18ClN3O3/c1-2-17(16(23)24,11-5-7-12(18)8-6-11)19-15(22)14-9-13(20-21-14)10-3-4-10/h5-10H,2-4H2,1H3,(H,19,22)(H,20,21)(H,23,24). The molecule has 2 aromatic rings. The van der Waals surface area contributed by atoms with Crippen LogP contribution >= 0.6 is 11.6 Å². The van der Waals surface area contributed by atoms with Crippen LogP contribution in [-0.2, 0) is 10.3 Å². The quantitative estimate of drug-likeness (QED) is 0.748. The fourth-order valence-electron chi connectivity index (χ4n) is 2.74. The largest absolute Gasteiger partial charge is 0.479 e. The topological polar surface area (TPSA) is 95.1 Å². The Morgan fingerprint density at radius 2 is 2.04 bits per heavy atom. The molecule has 3 N–H and O–H groups in total. The lowest BCUT2D eigenvalue weighted by molar-refractivity contribution is -0.145. The van der Waals surface area contributed by atoms with E-state index in [-0.39, 0.29) is 12.1 Å². The van der Waals surface area contributed by atoms with E-state index in [1.165, 1.54) is 0 Å². The Kier molecular flexibility index (Phi) is 4.32. The van der Waals surface area contributed by atoms with E-state index in [2.05, 4.69) is 15.5 Å². The predicted octanol–water partition coefficient (Wildman–Crippen LogP) is 3.06. The maximum atomic E-state index is 12.5. The number of amides is 1. The van der Waals surface area contributed by atoms with Crippen LogP contribution in [0.5, 0.6) is 0 Å². The van der Waals surface area contributed by atoms with Crippen LogP contribution in [0.3, 0.4) is 0 Å². The van der Waals surface area contributed by atoms with Crippen molar-refractivity contribution in [3.8, 4) is 0 Å². The maximum Gasteiger partial charge on any atom is 0.334 e. The second-order valence-corrected chi connectivity index (χ2v) is 6.44. The molecule has 0 bridgehead atoms. The number of nitrogens with zero attached hydrogens (tertiary/aromatic N) is 1. The molecular weight excluding hydrogens is 330 g/mol. The molecule has 1 heterocycles. The number of nitrogens with one attached hydrogen (secondary N) is 2. The van der Waals surface area contributed by atoms with Crippen molar-refractivity contribution in [2.75, 3.05) is 0 Å². The molecule has 1 aromatic heterocycles. The van der Waals surface area contributed by atoms with E-state index in [1.54, 1.807) is 37.3 Å². The molecule has 0 radical (unpaired) electrons. The minimum Gasteiger partial charge on any atom is -0.479 e. The molecule has 1 atom stereocenters. The van der Waals surface area contributed by atoms with Gasteiger partial charge in [-0.2, -0.15) is 5.10 Å². The summed E-state index contributed by atoms with van der Waals surface area (Å²) in [5.74, 6) is -1.21. The lowest BCUT2D eigenvalue weighted by atomic mass is 9.87. The Hall–Kier alpha value is -2.34. The first-order valence-corrected chi connectivity index (χ1v) is 8.21. The number of carbonyl (C=O) groups is 2. The minimum atomic E-state index is -1.53. The minimum absolute atomic E-state index is 0.190. The number of aromatic amines is 1. The Morgan fingerprint density at radius 3 is 2.58 bits per heavy atom. The van der Waals surface area contributed by atoms with Gasteiger partial charge in [0.25, 0.3) is 5.91 Å². The number of halogens is 1. The third-order valence-electron chi connectivity index (χ3n) is 4.41. The number of carbonyl (C=O) groups excluding carboxylic acids is 1. The molecule has 1 unspecified atom stereocenters. The van der Waals surface area contributed by atoms with Crippen molar-refractivity contribution >= 4 is 23.5 Å². The van der Waals surface area contributed by atoms with Gasteiger partial charge in [0.05, 0.1) is 0 Å². The fourth-order valence-corrected chi connectivity index (χ4v) is 2.87. The van der Waals surface area contributed by atoms with E-state index in [4.69, 9.17) is 11.6 Å². The van der Waals surface area contributed by atoms with Crippen LogP contribution < -0.4 is 5.32 Å². The van der Waals surface area contributed by atoms with Gasteiger partial charge < -0.3 is 10.4 Å². The molecule has 3 rings (SSSR count). The molecule has 7 heteroatoms. The van der Waals surface area contributed by atoms with Gasteiger partial charge in [-0.05, 0) is 43.0 Å². The Morgan fingerprint density at radius 1 is 1.38 bits per heavy atom. The molecule has 1 fully saturated rings. The van der Waals surface area contributed by atoms with Crippen molar-refractivity contribution in [3.63, 3.8) is 0 Å². The van der Waals surface area contributed by atoms with Gasteiger partial charge in [-0.1, -0.05) is 30.7 Å². The van der Waals surface area contributed by atoms with Crippen molar-refractivity contribution in [1.29, 1.82) is 0 Å². The number of H-pyrrole nitrogens is 1. The molecular formula is C17H18ClN3O3. The van der Waals surface area contributed by atoms with Crippen LogP contribution in [0.4, 0.5) is 0 Å². The van der Waals surface area contributed by atoms with Crippen molar-refractivity contribution in [2.24, 2.45) is 0 Å². The summed E-state index contributed by atoms with van der Waals surface area (Å²) in [4.78, 5) is 24.5. The van der Waals surface area contributed by atoms with Crippen molar-refractivity contribution in [1.82, 2.24) is 15.5 Å². The van der Waals surface area contributed by atoms with E-state index < -0.39 is 17.4 Å². The highest BCUT2D eigenvalue weighted by Gasteiger charge is 2.41. The molecule has 24 heavy (non-hydrogen) atoms. The summed E-state index contributed by atoms with van der Waals surface area (Å²) in [6, 6.07) is 8.13. The zero-order valence-electron chi connectivity index (χ0n) is 13.2. The molecule has 126 valence electrons. The molecule has 1 aliphatic rings. The second-order valence-electron chi connectivity index (χ2n) is 6.01. The first-order valence-electron chi connectivity index (χ1n) is 7.83. The summed E-state index contributed by atoms with van der Waals surface area (Å²) in [6.07, 6.45) is 2.36. The number of hydrogen-bond acceptors (Lipinski definition) is 3. The third-order valence-corrected chi connectivity index (χ3v) is 4.66. The number of carboxylic acid groups (broad SMARTS) is 1. The molecule has 1 aliphatic carbocycles. The van der Waals surface area contributed by atoms with Gasteiger partial charge in [-0.25, -0.2) is 4.79 Å². The first kappa shape index (κ1) is 16.5. The lowest BCUT2D eigenvalue weighted by Crippen LogP contribution is -2.51. The van der Waals surface area contributed by atoms with Gasteiger partial charge in [-0.3, -0.25) is 9.89 Å². The van der Waals surface area contributed by atoms with Crippen LogP contribution in [-0.4, -0.2) is 27.2 Å². The molecule has 1 amide bonds. The van der Waals surface area contributed by atoms with E-state index in [1.807, 2.05) is 0 Å². The Balaban J connectivity index is 1.89. The fraction of sp³-hybridized carbons (Fsp3) is 0.353. The number of hydrogen-bond donors (Lipinski definition) is 3. The number of aromatic nitrogens is 2. The van der Waals surface area contributed by atoms with Gasteiger partial charge in [0.1, 0.15) is 5.69 Å². The summed E-state index contributed by atoms with van der Waals surface area (Å²) >= 11 is 5.88. The van der Waals surface area contributed by atoms with Gasteiger partial charge in [-0.15, -0.1) is 0 Å². The second kappa shape index (κ2) is 6.28. The summed E-state index contributed by atoms with van der Waals surface area (Å²) in [5.41, 5.74) is 0.0580. The van der Waals surface area contributed by atoms with Crippen molar-refractivity contribution in [3.05, 3.63) is 52.3 Å². The average molecular weight is 348 g/mol. The zero-order chi connectivity index (χ0) is 17.3. The van der Waals surface area contributed by atoms with Gasteiger partial charge >= 0.3 is 5.97 Å². The van der Waals surface area contributed by atoms with Crippen molar-refractivity contribution < 1.29 is 14.7 Å². The number of benzene rings is 1. The van der Waals surface area contributed by atoms with Crippen LogP contribution in [0, 0.1) is 0 Å². The highest BCUT2D eigenvalue weighted by molar-refractivity contribution is 6.30. The summed E-state index contributed by atoms with van der Waals surface area (Å²) in [7, 11) is 0. The monoisotopic (exact) mass is 347 g/mol. The van der Waals surface area contributed by atoms with Gasteiger partial charge in [0.2, 0.25) is 0 Å². The highest BCUT2D eigenvalue weighted by atomic mass is 35.5. The average Bonchev–Trinajstić information content (AvgIpc) is 3.30. The van der Waals surface area contributed by atoms with E-state index >= 15 is 0 Å². The van der Waals surface area contributed by atoms with Gasteiger partial charge in [0, 0.05) is 16.6 Å². The first-order chi connectivity index (χ1) is 11.5. The summed E-state index contributed by atoms with van der Waals surface area (Å²) < 4.78 is 0. The molecule has 1 saturated carbocycles. The maximum absolute atomic E-state index is 12.5. The van der Waals surface area contributed by atoms with E-state index in [9.17, 15) is 14.7 Å². The van der Waals surface area contributed by atoms with Crippen LogP contribution in [0.15, 0.2) is 30.3 Å². The zero-order valence-corrected chi connectivity index (χ0v) is 13.9.